The van der Waals surface area contributed by atoms with Gasteiger partial charge in [-0.15, -0.1) is 0 Å². The second-order valence-corrected chi connectivity index (χ2v) is 5.68. The zero-order valence-corrected chi connectivity index (χ0v) is 11.4. The van der Waals surface area contributed by atoms with Crippen molar-refractivity contribution in [1.82, 2.24) is 5.32 Å². The fourth-order valence-corrected chi connectivity index (χ4v) is 2.70. The van der Waals surface area contributed by atoms with Crippen LogP contribution in [-0.4, -0.2) is 29.4 Å². The van der Waals surface area contributed by atoms with Gasteiger partial charge in [0.1, 0.15) is 5.76 Å². The molecule has 0 unspecified atom stereocenters. The Morgan fingerprint density at radius 2 is 2.22 bits per heavy atom. The number of rotatable bonds is 5. The van der Waals surface area contributed by atoms with Crippen LogP contribution in [0.1, 0.15) is 42.0 Å². The molecule has 0 spiro atoms. The lowest BCUT2D eigenvalue weighted by molar-refractivity contribution is 0.0443. The third-order valence-corrected chi connectivity index (χ3v) is 3.86. The molecule has 1 saturated carbocycles. The first-order chi connectivity index (χ1) is 8.63. The molecule has 2 rings (SSSR count). The van der Waals surface area contributed by atoms with Crippen molar-refractivity contribution in [1.29, 1.82) is 0 Å². The van der Waals surface area contributed by atoms with Crippen molar-refractivity contribution in [2.45, 2.75) is 37.0 Å². The normalized spacial score (nSPS) is 17.9. The largest absolute Gasteiger partial charge is 0.455 e. The SMILES string of the molecule is CSCc1ccc(C(=O)NCC2(O)CCCC2)o1. The molecule has 1 aliphatic carbocycles. The molecule has 1 aliphatic rings. The molecule has 1 aromatic heterocycles. The van der Waals surface area contributed by atoms with E-state index < -0.39 is 5.60 Å². The van der Waals surface area contributed by atoms with Crippen molar-refractivity contribution in [3.63, 3.8) is 0 Å². The third-order valence-electron chi connectivity index (χ3n) is 3.28. The molecule has 1 aromatic rings. The second kappa shape index (κ2) is 5.80. The third kappa shape index (κ3) is 3.29. The molecule has 18 heavy (non-hydrogen) atoms. The fourth-order valence-electron chi connectivity index (χ4n) is 2.26. The van der Waals surface area contributed by atoms with Gasteiger partial charge in [0.2, 0.25) is 0 Å². The number of hydrogen-bond acceptors (Lipinski definition) is 4. The van der Waals surface area contributed by atoms with E-state index >= 15 is 0 Å². The van der Waals surface area contributed by atoms with E-state index in [1.807, 2.05) is 12.3 Å². The molecule has 0 atom stereocenters. The Hall–Kier alpha value is -0.940. The summed E-state index contributed by atoms with van der Waals surface area (Å²) in [7, 11) is 0. The molecule has 0 bridgehead atoms. The summed E-state index contributed by atoms with van der Waals surface area (Å²) in [5, 5.41) is 12.9. The first-order valence-electron chi connectivity index (χ1n) is 6.21. The van der Waals surface area contributed by atoms with Crippen LogP contribution in [0.4, 0.5) is 0 Å². The Morgan fingerprint density at radius 3 is 2.89 bits per heavy atom. The standard InChI is InChI=1S/C13H19NO3S/c1-18-8-10-4-5-11(17-10)12(15)14-9-13(16)6-2-3-7-13/h4-5,16H,2-3,6-9H2,1H3,(H,14,15). The summed E-state index contributed by atoms with van der Waals surface area (Å²) in [5.74, 6) is 1.63. The van der Waals surface area contributed by atoms with Crippen LogP contribution in [0.2, 0.25) is 0 Å². The van der Waals surface area contributed by atoms with Gasteiger partial charge in [0.15, 0.2) is 5.76 Å². The maximum atomic E-state index is 11.8. The van der Waals surface area contributed by atoms with Gasteiger partial charge < -0.3 is 14.8 Å². The average Bonchev–Trinajstić information content (AvgIpc) is 2.97. The van der Waals surface area contributed by atoms with Crippen LogP contribution in [0.5, 0.6) is 0 Å². The molecule has 0 radical (unpaired) electrons. The Kier molecular flexibility index (Phi) is 4.35. The summed E-state index contributed by atoms with van der Waals surface area (Å²) >= 11 is 1.65. The quantitative estimate of drug-likeness (QED) is 0.860. The maximum Gasteiger partial charge on any atom is 0.287 e. The van der Waals surface area contributed by atoms with Gasteiger partial charge in [0, 0.05) is 6.54 Å². The highest BCUT2D eigenvalue weighted by Crippen LogP contribution is 2.28. The van der Waals surface area contributed by atoms with Crippen molar-refractivity contribution in [3.8, 4) is 0 Å². The minimum absolute atomic E-state index is 0.248. The van der Waals surface area contributed by atoms with Crippen LogP contribution in [-0.2, 0) is 5.75 Å². The highest BCUT2D eigenvalue weighted by atomic mass is 32.2. The number of nitrogens with one attached hydrogen (secondary N) is 1. The molecule has 0 aliphatic heterocycles. The zero-order chi connectivity index (χ0) is 13.0. The van der Waals surface area contributed by atoms with E-state index in [1.54, 1.807) is 17.8 Å². The molecule has 0 saturated heterocycles. The number of hydrogen-bond donors (Lipinski definition) is 2. The van der Waals surface area contributed by atoms with Gasteiger partial charge in [-0.1, -0.05) is 12.8 Å². The monoisotopic (exact) mass is 269 g/mol. The van der Waals surface area contributed by atoms with Crippen LogP contribution in [0.25, 0.3) is 0 Å². The van der Waals surface area contributed by atoms with Crippen molar-refractivity contribution in [2.75, 3.05) is 12.8 Å². The molecule has 1 heterocycles. The molecule has 1 fully saturated rings. The number of amides is 1. The van der Waals surface area contributed by atoms with Gasteiger partial charge in [-0.05, 0) is 31.2 Å². The van der Waals surface area contributed by atoms with Crippen molar-refractivity contribution >= 4 is 17.7 Å². The van der Waals surface area contributed by atoms with Gasteiger partial charge in [-0.2, -0.15) is 11.8 Å². The van der Waals surface area contributed by atoms with E-state index in [9.17, 15) is 9.90 Å². The van der Waals surface area contributed by atoms with E-state index in [1.165, 1.54) is 0 Å². The lowest BCUT2D eigenvalue weighted by atomic mass is 10.0. The van der Waals surface area contributed by atoms with Crippen LogP contribution < -0.4 is 5.32 Å². The smallest absolute Gasteiger partial charge is 0.287 e. The van der Waals surface area contributed by atoms with Crippen LogP contribution in [0.15, 0.2) is 16.5 Å². The van der Waals surface area contributed by atoms with Crippen LogP contribution in [0.3, 0.4) is 0 Å². The second-order valence-electron chi connectivity index (χ2n) is 4.81. The van der Waals surface area contributed by atoms with E-state index in [4.69, 9.17) is 4.42 Å². The Labute approximate surface area is 111 Å². The summed E-state index contributed by atoms with van der Waals surface area (Å²) in [6, 6.07) is 3.50. The predicted octanol–water partition coefficient (Wildman–Crippen LogP) is 2.18. The minimum atomic E-state index is -0.718. The number of carbonyl (C=O) groups is 1. The summed E-state index contributed by atoms with van der Waals surface area (Å²) < 4.78 is 5.42. The van der Waals surface area contributed by atoms with Gasteiger partial charge >= 0.3 is 0 Å². The highest BCUT2D eigenvalue weighted by molar-refractivity contribution is 7.97. The first-order valence-corrected chi connectivity index (χ1v) is 7.61. The summed E-state index contributed by atoms with van der Waals surface area (Å²) in [6.07, 6.45) is 5.58. The van der Waals surface area contributed by atoms with Crippen LogP contribution >= 0.6 is 11.8 Å². The molecule has 0 aromatic carbocycles. The summed E-state index contributed by atoms with van der Waals surface area (Å²) in [6.45, 7) is 0.310. The molecule has 1 amide bonds. The maximum absolute atomic E-state index is 11.8. The first kappa shape index (κ1) is 13.5. The van der Waals surface area contributed by atoms with Gasteiger partial charge in [0.05, 0.1) is 11.4 Å². The van der Waals surface area contributed by atoms with E-state index in [0.717, 1.165) is 37.2 Å². The van der Waals surface area contributed by atoms with E-state index in [0.29, 0.717) is 12.3 Å². The fraction of sp³-hybridized carbons (Fsp3) is 0.615. The van der Waals surface area contributed by atoms with Crippen molar-refractivity contribution in [2.24, 2.45) is 0 Å². The predicted molar refractivity (Wildman–Crippen MR) is 71.7 cm³/mol. The highest BCUT2D eigenvalue weighted by Gasteiger charge is 2.31. The topological polar surface area (TPSA) is 62.5 Å². The van der Waals surface area contributed by atoms with Gasteiger partial charge in [-0.25, -0.2) is 0 Å². The average molecular weight is 269 g/mol. The number of aliphatic hydroxyl groups is 1. The number of carbonyl (C=O) groups excluding carboxylic acids is 1. The number of furan rings is 1. The molecule has 2 N–H and O–H groups in total. The molecular weight excluding hydrogens is 250 g/mol. The van der Waals surface area contributed by atoms with Gasteiger partial charge in [0.25, 0.3) is 5.91 Å². The lowest BCUT2D eigenvalue weighted by Crippen LogP contribution is -2.40. The van der Waals surface area contributed by atoms with Crippen molar-refractivity contribution in [3.05, 3.63) is 23.7 Å². The van der Waals surface area contributed by atoms with E-state index in [2.05, 4.69) is 5.32 Å². The van der Waals surface area contributed by atoms with Gasteiger partial charge in [-0.3, -0.25) is 4.79 Å². The van der Waals surface area contributed by atoms with Crippen LogP contribution in [0, 0.1) is 0 Å². The molecule has 5 heteroatoms. The lowest BCUT2D eigenvalue weighted by Gasteiger charge is -2.21. The minimum Gasteiger partial charge on any atom is -0.455 e. The van der Waals surface area contributed by atoms with E-state index in [-0.39, 0.29) is 5.91 Å². The Morgan fingerprint density at radius 1 is 1.50 bits per heavy atom. The Bertz CT molecular complexity index is 410. The molecule has 4 nitrogen and oxygen atoms in total. The van der Waals surface area contributed by atoms with Crippen molar-refractivity contribution < 1.29 is 14.3 Å². The molecule has 100 valence electrons. The zero-order valence-electron chi connectivity index (χ0n) is 10.6. The summed E-state index contributed by atoms with van der Waals surface area (Å²) in [5.41, 5.74) is -0.718. The number of thioether (sulfide) groups is 1. The Balaban J connectivity index is 1.87. The molecular formula is C13H19NO3S. The summed E-state index contributed by atoms with van der Waals surface area (Å²) in [4.78, 5) is 11.8.